The molecule has 2 atom stereocenters. The summed E-state index contributed by atoms with van der Waals surface area (Å²) in [5, 5.41) is 3.50. The molecule has 2 unspecified atom stereocenters. The van der Waals surface area contributed by atoms with Crippen LogP contribution in [0.1, 0.15) is 36.9 Å². The van der Waals surface area contributed by atoms with Crippen molar-refractivity contribution in [2.24, 2.45) is 5.92 Å². The molecule has 0 aromatic heterocycles. The van der Waals surface area contributed by atoms with Crippen LogP contribution in [0.15, 0.2) is 24.3 Å². The predicted octanol–water partition coefficient (Wildman–Crippen LogP) is 3.00. The molecule has 21 heavy (non-hydrogen) atoms. The molecule has 1 N–H and O–H groups in total. The lowest BCUT2D eigenvalue weighted by Gasteiger charge is -2.39. The molecule has 1 aromatic carbocycles. The van der Waals surface area contributed by atoms with Gasteiger partial charge in [-0.3, -0.25) is 4.90 Å². The number of hydrogen-bond donors (Lipinski definition) is 1. The van der Waals surface area contributed by atoms with E-state index in [2.05, 4.69) is 55.4 Å². The number of benzene rings is 1. The Labute approximate surface area is 129 Å². The lowest BCUT2D eigenvalue weighted by molar-refractivity contribution is 0.0738. The number of methoxy groups -OCH3 is 1. The SMILES string of the molecule is CNC(c1ccc(C)cc1)C(C)N1CCC(COC)CC1. The van der Waals surface area contributed by atoms with Gasteiger partial charge in [0, 0.05) is 25.8 Å². The summed E-state index contributed by atoms with van der Waals surface area (Å²) in [5.41, 5.74) is 2.70. The lowest BCUT2D eigenvalue weighted by atomic mass is 9.93. The van der Waals surface area contributed by atoms with Gasteiger partial charge in [0.25, 0.3) is 0 Å². The van der Waals surface area contributed by atoms with Crippen molar-refractivity contribution in [1.82, 2.24) is 10.2 Å². The average molecular weight is 290 g/mol. The fourth-order valence-electron chi connectivity index (χ4n) is 3.43. The first-order valence-electron chi connectivity index (χ1n) is 8.12. The van der Waals surface area contributed by atoms with Gasteiger partial charge in [-0.1, -0.05) is 29.8 Å². The number of nitrogens with zero attached hydrogens (tertiary/aromatic N) is 1. The van der Waals surface area contributed by atoms with Gasteiger partial charge < -0.3 is 10.1 Å². The number of rotatable bonds is 6. The highest BCUT2D eigenvalue weighted by molar-refractivity contribution is 5.25. The first kappa shape index (κ1) is 16.5. The van der Waals surface area contributed by atoms with Gasteiger partial charge >= 0.3 is 0 Å². The maximum absolute atomic E-state index is 5.30. The molecule has 0 amide bonds. The smallest absolute Gasteiger partial charge is 0.0491 e. The largest absolute Gasteiger partial charge is 0.384 e. The molecular weight excluding hydrogens is 260 g/mol. The number of aryl methyl sites for hydroxylation is 1. The second-order valence-electron chi connectivity index (χ2n) is 6.35. The van der Waals surface area contributed by atoms with E-state index in [0.29, 0.717) is 12.1 Å². The average Bonchev–Trinajstić information content (AvgIpc) is 2.51. The van der Waals surface area contributed by atoms with Crippen molar-refractivity contribution in [1.29, 1.82) is 0 Å². The van der Waals surface area contributed by atoms with Gasteiger partial charge in [0.05, 0.1) is 0 Å². The van der Waals surface area contributed by atoms with Crippen LogP contribution in [0.4, 0.5) is 0 Å². The summed E-state index contributed by atoms with van der Waals surface area (Å²) in [6.07, 6.45) is 2.50. The number of likely N-dealkylation sites (N-methyl/N-ethyl adjacent to an activating group) is 1. The van der Waals surface area contributed by atoms with Gasteiger partial charge in [-0.2, -0.15) is 0 Å². The van der Waals surface area contributed by atoms with Gasteiger partial charge in [0.1, 0.15) is 0 Å². The number of likely N-dealkylation sites (tertiary alicyclic amines) is 1. The number of nitrogens with one attached hydrogen (secondary N) is 1. The van der Waals surface area contributed by atoms with Crippen LogP contribution in [0.5, 0.6) is 0 Å². The molecule has 1 aromatic rings. The minimum atomic E-state index is 0.393. The van der Waals surface area contributed by atoms with Crippen molar-refractivity contribution < 1.29 is 4.74 Å². The minimum absolute atomic E-state index is 0.393. The molecule has 2 rings (SSSR count). The maximum Gasteiger partial charge on any atom is 0.0491 e. The Morgan fingerprint density at radius 3 is 2.38 bits per heavy atom. The molecule has 3 nitrogen and oxygen atoms in total. The van der Waals surface area contributed by atoms with Crippen LogP contribution in [0.25, 0.3) is 0 Å². The fraction of sp³-hybridized carbons (Fsp3) is 0.667. The van der Waals surface area contributed by atoms with Crippen molar-refractivity contribution in [3.63, 3.8) is 0 Å². The fourth-order valence-corrected chi connectivity index (χ4v) is 3.43. The molecule has 0 radical (unpaired) electrons. The van der Waals surface area contributed by atoms with Crippen molar-refractivity contribution in [2.45, 2.75) is 38.8 Å². The zero-order valence-electron chi connectivity index (χ0n) is 13.9. The third-order valence-electron chi connectivity index (χ3n) is 4.86. The van der Waals surface area contributed by atoms with Crippen molar-refractivity contribution in [3.8, 4) is 0 Å². The highest BCUT2D eigenvalue weighted by Crippen LogP contribution is 2.26. The Morgan fingerprint density at radius 1 is 1.24 bits per heavy atom. The molecule has 0 aliphatic carbocycles. The zero-order valence-corrected chi connectivity index (χ0v) is 13.9. The van der Waals surface area contributed by atoms with E-state index in [1.54, 1.807) is 0 Å². The standard InChI is InChI=1S/C18H30N2O/c1-14-5-7-17(8-6-14)18(19-3)15(2)20-11-9-16(10-12-20)13-21-4/h5-8,15-16,18-19H,9-13H2,1-4H3. The van der Waals surface area contributed by atoms with Gasteiger partial charge in [-0.15, -0.1) is 0 Å². The summed E-state index contributed by atoms with van der Waals surface area (Å²) in [6, 6.07) is 9.83. The molecule has 0 bridgehead atoms. The lowest BCUT2D eigenvalue weighted by Crippen LogP contribution is -2.46. The van der Waals surface area contributed by atoms with Gasteiger partial charge in [0.2, 0.25) is 0 Å². The number of hydrogen-bond acceptors (Lipinski definition) is 3. The molecule has 1 aliphatic heterocycles. The molecule has 1 fully saturated rings. The first-order valence-corrected chi connectivity index (χ1v) is 8.12. The molecule has 118 valence electrons. The van der Waals surface area contributed by atoms with Crippen LogP contribution in [0.3, 0.4) is 0 Å². The Hall–Kier alpha value is -0.900. The van der Waals surface area contributed by atoms with Gasteiger partial charge in [0.15, 0.2) is 0 Å². The van der Waals surface area contributed by atoms with Crippen molar-refractivity contribution in [2.75, 3.05) is 33.9 Å². The highest BCUT2D eigenvalue weighted by Gasteiger charge is 2.27. The second kappa shape index (κ2) is 7.92. The normalized spacial score (nSPS) is 20.4. The molecule has 3 heteroatoms. The molecule has 0 saturated carbocycles. The summed E-state index contributed by atoms with van der Waals surface area (Å²) < 4.78 is 5.30. The monoisotopic (exact) mass is 290 g/mol. The van der Waals surface area contributed by atoms with Crippen LogP contribution >= 0.6 is 0 Å². The molecule has 0 spiro atoms. The van der Waals surface area contributed by atoms with Crippen LogP contribution in [-0.2, 0) is 4.74 Å². The maximum atomic E-state index is 5.30. The Kier molecular flexibility index (Phi) is 6.22. The minimum Gasteiger partial charge on any atom is -0.384 e. The number of piperidine rings is 1. The van der Waals surface area contributed by atoms with E-state index in [-0.39, 0.29) is 0 Å². The summed E-state index contributed by atoms with van der Waals surface area (Å²) in [6.45, 7) is 7.76. The van der Waals surface area contributed by atoms with E-state index in [4.69, 9.17) is 4.74 Å². The van der Waals surface area contributed by atoms with Crippen molar-refractivity contribution in [3.05, 3.63) is 35.4 Å². The van der Waals surface area contributed by atoms with E-state index in [1.807, 2.05) is 7.11 Å². The highest BCUT2D eigenvalue weighted by atomic mass is 16.5. The van der Waals surface area contributed by atoms with Gasteiger partial charge in [-0.05, 0) is 58.3 Å². The first-order chi connectivity index (χ1) is 10.2. The van der Waals surface area contributed by atoms with E-state index in [1.165, 1.54) is 37.1 Å². The summed E-state index contributed by atoms with van der Waals surface area (Å²) in [7, 11) is 3.88. The summed E-state index contributed by atoms with van der Waals surface area (Å²) in [4.78, 5) is 2.62. The predicted molar refractivity (Wildman–Crippen MR) is 88.6 cm³/mol. The number of ether oxygens (including phenoxy) is 1. The quantitative estimate of drug-likeness (QED) is 0.871. The third kappa shape index (κ3) is 4.29. The Morgan fingerprint density at radius 2 is 1.86 bits per heavy atom. The van der Waals surface area contributed by atoms with E-state index >= 15 is 0 Å². The molecular formula is C18H30N2O. The molecule has 1 saturated heterocycles. The van der Waals surface area contributed by atoms with Crippen LogP contribution in [0.2, 0.25) is 0 Å². The van der Waals surface area contributed by atoms with E-state index < -0.39 is 0 Å². The van der Waals surface area contributed by atoms with Crippen LogP contribution in [-0.4, -0.2) is 44.8 Å². The molecule has 1 heterocycles. The topological polar surface area (TPSA) is 24.5 Å². The third-order valence-corrected chi connectivity index (χ3v) is 4.86. The van der Waals surface area contributed by atoms with Crippen molar-refractivity contribution >= 4 is 0 Å². The Bertz CT molecular complexity index is 410. The summed E-state index contributed by atoms with van der Waals surface area (Å²) >= 11 is 0. The van der Waals surface area contributed by atoms with E-state index in [9.17, 15) is 0 Å². The summed E-state index contributed by atoms with van der Waals surface area (Å²) in [5.74, 6) is 0.742. The van der Waals surface area contributed by atoms with Gasteiger partial charge in [-0.25, -0.2) is 0 Å². The van der Waals surface area contributed by atoms with E-state index in [0.717, 1.165) is 12.5 Å². The zero-order chi connectivity index (χ0) is 15.2. The van der Waals surface area contributed by atoms with Crippen LogP contribution in [0, 0.1) is 12.8 Å². The van der Waals surface area contributed by atoms with Crippen LogP contribution < -0.4 is 5.32 Å². The Balaban J connectivity index is 1.97. The second-order valence-corrected chi connectivity index (χ2v) is 6.35. The molecule has 1 aliphatic rings.